The van der Waals surface area contributed by atoms with Crippen LogP contribution in [0.25, 0.3) is 0 Å². The van der Waals surface area contributed by atoms with Crippen molar-refractivity contribution >= 4 is 29.9 Å². The van der Waals surface area contributed by atoms with E-state index in [1.54, 1.807) is 0 Å². The first-order valence-electron chi connectivity index (χ1n) is 6.68. The lowest BCUT2D eigenvalue weighted by molar-refractivity contribution is -0.142. The van der Waals surface area contributed by atoms with Gasteiger partial charge in [-0.25, -0.2) is 0 Å². The van der Waals surface area contributed by atoms with E-state index in [-0.39, 0.29) is 30.5 Å². The average Bonchev–Trinajstić information content (AvgIpc) is 2.54. The van der Waals surface area contributed by atoms with Crippen molar-refractivity contribution < 1.29 is 13.2 Å². The van der Waals surface area contributed by atoms with Crippen LogP contribution in [0.2, 0.25) is 0 Å². The molecule has 0 radical (unpaired) electrons. The molecule has 0 aromatic rings. The van der Waals surface area contributed by atoms with Crippen molar-refractivity contribution in [3.8, 4) is 0 Å². The molecule has 20 heavy (non-hydrogen) atoms. The Balaban J connectivity index is 0.00000361. The number of guanidine groups is 1. The predicted molar refractivity (Wildman–Crippen MR) is 85.5 cm³/mol. The highest BCUT2D eigenvalue weighted by atomic mass is 127. The van der Waals surface area contributed by atoms with Crippen molar-refractivity contribution in [2.75, 3.05) is 39.8 Å². The van der Waals surface area contributed by atoms with Crippen LogP contribution in [0.4, 0.5) is 13.2 Å². The molecule has 1 fully saturated rings. The minimum atomic E-state index is -4.16. The Kier molecular flexibility index (Phi) is 9.52. The van der Waals surface area contributed by atoms with Crippen molar-refractivity contribution in [3.63, 3.8) is 0 Å². The molecule has 8 heteroatoms. The average molecular weight is 408 g/mol. The van der Waals surface area contributed by atoms with E-state index in [9.17, 15) is 13.2 Å². The number of nitrogens with two attached hydrogens (primary N) is 1. The highest BCUT2D eigenvalue weighted by Crippen LogP contribution is 2.15. The lowest BCUT2D eigenvalue weighted by atomic mass is 10.2. The third-order valence-electron chi connectivity index (χ3n) is 3.13. The summed E-state index contributed by atoms with van der Waals surface area (Å²) in [6.45, 7) is 1.44. The van der Waals surface area contributed by atoms with Gasteiger partial charge in [-0.2, -0.15) is 13.2 Å². The third kappa shape index (κ3) is 8.83. The van der Waals surface area contributed by atoms with Gasteiger partial charge >= 0.3 is 6.18 Å². The fraction of sp³-hybridized carbons (Fsp3) is 0.917. The molecule has 0 aromatic carbocycles. The fourth-order valence-electron chi connectivity index (χ4n) is 2.12. The molecule has 1 rings (SSSR count). The topological polar surface area (TPSA) is 44.9 Å². The Morgan fingerprint density at radius 1 is 1.20 bits per heavy atom. The molecule has 0 spiro atoms. The Morgan fingerprint density at radius 3 is 2.25 bits per heavy atom. The van der Waals surface area contributed by atoms with Crippen LogP contribution in [0.3, 0.4) is 0 Å². The molecule has 4 nitrogen and oxygen atoms in total. The Hall–Kier alpha value is -0.250. The first kappa shape index (κ1) is 19.8. The van der Waals surface area contributed by atoms with Crippen molar-refractivity contribution in [3.05, 3.63) is 0 Å². The second-order valence-electron chi connectivity index (χ2n) is 4.99. The summed E-state index contributed by atoms with van der Waals surface area (Å²) in [5.41, 5.74) is 5.87. The molecule has 0 bridgehead atoms. The van der Waals surface area contributed by atoms with Crippen LogP contribution in [-0.2, 0) is 0 Å². The largest absolute Gasteiger partial charge is 0.401 e. The highest BCUT2D eigenvalue weighted by molar-refractivity contribution is 14.0. The standard InChI is InChI=1S/C12H23F3N4.HI/c1-18(10-12(13,14)15)9-6-17-11(16)19-7-4-2-3-5-8-19;/h2-10H2,1H3,(H2,16,17);1H. The molecular formula is C12H24F3IN4. The van der Waals surface area contributed by atoms with E-state index in [0.29, 0.717) is 12.5 Å². The molecule has 120 valence electrons. The van der Waals surface area contributed by atoms with Gasteiger partial charge in [0.1, 0.15) is 0 Å². The number of rotatable bonds is 4. The van der Waals surface area contributed by atoms with Gasteiger partial charge in [0.05, 0.1) is 13.1 Å². The number of alkyl halides is 3. The second kappa shape index (κ2) is 9.64. The van der Waals surface area contributed by atoms with E-state index in [0.717, 1.165) is 25.9 Å². The van der Waals surface area contributed by atoms with E-state index in [1.165, 1.54) is 24.8 Å². The van der Waals surface area contributed by atoms with Crippen LogP contribution in [-0.4, -0.2) is 61.7 Å². The normalized spacial score (nSPS) is 17.9. The number of nitrogens with zero attached hydrogens (tertiary/aromatic N) is 3. The van der Waals surface area contributed by atoms with Crippen molar-refractivity contribution in [1.82, 2.24) is 9.80 Å². The van der Waals surface area contributed by atoms with Gasteiger partial charge in [0.2, 0.25) is 0 Å². The molecule has 1 heterocycles. The second-order valence-corrected chi connectivity index (χ2v) is 4.99. The van der Waals surface area contributed by atoms with Crippen molar-refractivity contribution in [2.45, 2.75) is 31.9 Å². The summed E-state index contributed by atoms with van der Waals surface area (Å²) >= 11 is 0. The summed E-state index contributed by atoms with van der Waals surface area (Å²) in [5, 5.41) is 0. The van der Waals surface area contributed by atoms with Gasteiger partial charge in [-0.3, -0.25) is 9.89 Å². The lowest BCUT2D eigenvalue weighted by Gasteiger charge is -2.22. The molecule has 0 aromatic heterocycles. The molecule has 0 unspecified atom stereocenters. The van der Waals surface area contributed by atoms with E-state index in [1.807, 2.05) is 4.90 Å². The zero-order valence-corrected chi connectivity index (χ0v) is 14.2. The van der Waals surface area contributed by atoms with Gasteiger partial charge in [-0.1, -0.05) is 12.8 Å². The van der Waals surface area contributed by atoms with E-state index < -0.39 is 12.7 Å². The molecule has 0 saturated carbocycles. The van der Waals surface area contributed by atoms with E-state index in [2.05, 4.69) is 4.99 Å². The number of likely N-dealkylation sites (tertiary alicyclic amines) is 1. The maximum atomic E-state index is 12.1. The van der Waals surface area contributed by atoms with Gasteiger partial charge in [-0.15, -0.1) is 24.0 Å². The van der Waals surface area contributed by atoms with Gasteiger partial charge in [0.15, 0.2) is 5.96 Å². The third-order valence-corrected chi connectivity index (χ3v) is 3.13. The van der Waals surface area contributed by atoms with E-state index >= 15 is 0 Å². The Bertz CT molecular complexity index is 289. The minimum Gasteiger partial charge on any atom is -0.370 e. The molecular weight excluding hydrogens is 384 g/mol. The van der Waals surface area contributed by atoms with Crippen LogP contribution >= 0.6 is 24.0 Å². The summed E-state index contributed by atoms with van der Waals surface area (Å²) in [5.74, 6) is 0.460. The number of aliphatic imine (C=N–C) groups is 1. The van der Waals surface area contributed by atoms with Gasteiger partial charge < -0.3 is 10.6 Å². The number of hydrogen-bond acceptors (Lipinski definition) is 2. The number of hydrogen-bond donors (Lipinski definition) is 1. The van der Waals surface area contributed by atoms with Gasteiger partial charge in [0, 0.05) is 19.6 Å². The monoisotopic (exact) mass is 408 g/mol. The molecule has 1 aliphatic heterocycles. The zero-order valence-electron chi connectivity index (χ0n) is 11.8. The van der Waals surface area contributed by atoms with Crippen molar-refractivity contribution in [1.29, 1.82) is 0 Å². The summed E-state index contributed by atoms with van der Waals surface area (Å²) in [6.07, 6.45) is 0.458. The Labute approximate surface area is 135 Å². The molecule has 0 aliphatic carbocycles. The first-order valence-corrected chi connectivity index (χ1v) is 6.68. The SMILES string of the molecule is CN(CCN=C(N)N1CCCCCC1)CC(F)(F)F.I. The predicted octanol–water partition coefficient (Wildman–Crippen LogP) is 2.29. The zero-order chi connectivity index (χ0) is 14.3. The van der Waals surface area contributed by atoms with Crippen LogP contribution in [0, 0.1) is 0 Å². The molecule has 1 saturated heterocycles. The summed E-state index contributed by atoms with van der Waals surface area (Å²) in [7, 11) is 1.44. The maximum Gasteiger partial charge on any atom is 0.401 e. The van der Waals surface area contributed by atoms with Gasteiger partial charge in [-0.05, 0) is 19.9 Å². The van der Waals surface area contributed by atoms with Crippen molar-refractivity contribution in [2.24, 2.45) is 10.7 Å². The quantitative estimate of drug-likeness (QED) is 0.441. The molecule has 0 atom stereocenters. The lowest BCUT2D eigenvalue weighted by Crippen LogP contribution is -2.39. The van der Waals surface area contributed by atoms with Crippen LogP contribution < -0.4 is 5.73 Å². The molecule has 2 N–H and O–H groups in total. The van der Waals surface area contributed by atoms with Gasteiger partial charge in [0.25, 0.3) is 0 Å². The minimum absolute atomic E-state index is 0. The highest BCUT2D eigenvalue weighted by Gasteiger charge is 2.28. The number of likely N-dealkylation sites (N-methyl/N-ethyl adjacent to an activating group) is 1. The summed E-state index contributed by atoms with van der Waals surface area (Å²) in [6, 6.07) is 0. The summed E-state index contributed by atoms with van der Waals surface area (Å²) in [4.78, 5) is 7.40. The molecule has 1 aliphatic rings. The summed E-state index contributed by atoms with van der Waals surface area (Å²) < 4.78 is 36.4. The fourth-order valence-corrected chi connectivity index (χ4v) is 2.12. The van der Waals surface area contributed by atoms with Crippen LogP contribution in [0.5, 0.6) is 0 Å². The van der Waals surface area contributed by atoms with Crippen LogP contribution in [0.1, 0.15) is 25.7 Å². The maximum absolute atomic E-state index is 12.1. The Morgan fingerprint density at radius 2 is 1.75 bits per heavy atom. The smallest absolute Gasteiger partial charge is 0.370 e. The number of halogens is 4. The van der Waals surface area contributed by atoms with E-state index in [4.69, 9.17) is 5.73 Å². The first-order chi connectivity index (χ1) is 8.88. The van der Waals surface area contributed by atoms with Crippen LogP contribution in [0.15, 0.2) is 4.99 Å². The molecule has 0 amide bonds.